The van der Waals surface area contributed by atoms with Crippen LogP contribution in [0.1, 0.15) is 50.7 Å². The molecule has 0 aliphatic heterocycles. The molecule has 14 heavy (non-hydrogen) atoms. The van der Waals surface area contributed by atoms with Crippen LogP contribution in [-0.2, 0) is 6.42 Å². The van der Waals surface area contributed by atoms with E-state index in [4.69, 9.17) is 0 Å². The lowest BCUT2D eigenvalue weighted by atomic mass is 9.93. The fourth-order valence-electron chi connectivity index (χ4n) is 1.76. The minimum atomic E-state index is 0.463. The number of phenols is 1. The molecule has 1 aromatic rings. The highest BCUT2D eigenvalue weighted by molar-refractivity contribution is 5.40. The van der Waals surface area contributed by atoms with E-state index in [1.807, 2.05) is 6.07 Å². The molecule has 0 spiro atoms. The van der Waals surface area contributed by atoms with Gasteiger partial charge >= 0.3 is 0 Å². The van der Waals surface area contributed by atoms with E-state index in [2.05, 4.69) is 26.8 Å². The lowest BCUT2D eigenvalue weighted by Gasteiger charge is -2.13. The number of hydrogen-bond donors (Lipinski definition) is 1. The first-order valence-corrected chi connectivity index (χ1v) is 5.47. The smallest absolute Gasteiger partial charge is 0.119 e. The van der Waals surface area contributed by atoms with Gasteiger partial charge in [-0.15, -0.1) is 0 Å². The Morgan fingerprint density at radius 2 is 2.00 bits per heavy atom. The summed E-state index contributed by atoms with van der Waals surface area (Å²) in [6.07, 6.45) is 3.32. The van der Waals surface area contributed by atoms with Gasteiger partial charge in [-0.2, -0.15) is 0 Å². The molecule has 0 unspecified atom stereocenters. The van der Waals surface area contributed by atoms with Gasteiger partial charge in [0.2, 0.25) is 0 Å². The van der Waals surface area contributed by atoms with Crippen LogP contribution in [0.3, 0.4) is 0 Å². The second-order valence-electron chi connectivity index (χ2n) is 4.10. The number of rotatable bonds is 4. The summed E-state index contributed by atoms with van der Waals surface area (Å²) in [6, 6.07) is 5.84. The van der Waals surface area contributed by atoms with Crippen LogP contribution in [-0.4, -0.2) is 5.11 Å². The minimum Gasteiger partial charge on any atom is -0.508 e. The largest absolute Gasteiger partial charge is 0.508 e. The number of phenolic OH excluding ortho intramolecular Hbond substituents is 1. The van der Waals surface area contributed by atoms with Crippen molar-refractivity contribution >= 4 is 0 Å². The van der Waals surface area contributed by atoms with E-state index < -0.39 is 0 Å². The molecule has 0 radical (unpaired) electrons. The van der Waals surface area contributed by atoms with Gasteiger partial charge in [0.1, 0.15) is 5.75 Å². The highest BCUT2D eigenvalue weighted by atomic mass is 16.3. The molecule has 1 rings (SSSR count). The van der Waals surface area contributed by atoms with Crippen molar-refractivity contribution < 1.29 is 5.11 Å². The van der Waals surface area contributed by atoms with Crippen LogP contribution in [0.15, 0.2) is 18.2 Å². The second kappa shape index (κ2) is 5.04. The SMILES string of the molecule is CCCCc1c(O)cccc1C(C)C. The zero-order valence-corrected chi connectivity index (χ0v) is 9.38. The van der Waals surface area contributed by atoms with Crippen LogP contribution in [0.2, 0.25) is 0 Å². The molecule has 0 aliphatic carbocycles. The Hall–Kier alpha value is -0.980. The first kappa shape index (κ1) is 11.1. The van der Waals surface area contributed by atoms with Crippen molar-refractivity contribution in [2.24, 2.45) is 0 Å². The number of unbranched alkanes of at least 4 members (excludes halogenated alkanes) is 1. The fraction of sp³-hybridized carbons (Fsp3) is 0.538. The molecule has 78 valence electrons. The third-order valence-corrected chi connectivity index (χ3v) is 2.59. The van der Waals surface area contributed by atoms with Crippen LogP contribution in [0.25, 0.3) is 0 Å². The van der Waals surface area contributed by atoms with E-state index in [-0.39, 0.29) is 0 Å². The first-order chi connectivity index (χ1) is 6.66. The molecule has 0 heterocycles. The van der Waals surface area contributed by atoms with Crippen LogP contribution >= 0.6 is 0 Å². The summed E-state index contributed by atoms with van der Waals surface area (Å²) in [5, 5.41) is 9.77. The Morgan fingerprint density at radius 3 is 2.57 bits per heavy atom. The van der Waals surface area contributed by atoms with Gasteiger partial charge in [0.25, 0.3) is 0 Å². The Labute approximate surface area is 86.8 Å². The van der Waals surface area contributed by atoms with E-state index >= 15 is 0 Å². The molecule has 0 aromatic heterocycles. The molecule has 0 amide bonds. The minimum absolute atomic E-state index is 0.463. The number of hydrogen-bond acceptors (Lipinski definition) is 1. The summed E-state index contributed by atoms with van der Waals surface area (Å²) in [6.45, 7) is 6.52. The highest BCUT2D eigenvalue weighted by Crippen LogP contribution is 2.28. The molecular formula is C13H20O. The topological polar surface area (TPSA) is 20.2 Å². The Balaban J connectivity index is 2.96. The summed E-state index contributed by atoms with van der Waals surface area (Å²) in [5.41, 5.74) is 2.43. The maximum atomic E-state index is 9.77. The Kier molecular flexibility index (Phi) is 3.99. The van der Waals surface area contributed by atoms with Gasteiger partial charge in [-0.3, -0.25) is 0 Å². The molecule has 0 saturated carbocycles. The van der Waals surface area contributed by atoms with Gasteiger partial charge in [-0.25, -0.2) is 0 Å². The summed E-state index contributed by atoms with van der Waals surface area (Å²) in [4.78, 5) is 0. The number of aromatic hydroxyl groups is 1. The van der Waals surface area contributed by atoms with E-state index in [0.717, 1.165) is 18.4 Å². The van der Waals surface area contributed by atoms with Gasteiger partial charge in [-0.05, 0) is 36.0 Å². The number of benzene rings is 1. The Morgan fingerprint density at radius 1 is 1.29 bits per heavy atom. The van der Waals surface area contributed by atoms with E-state index in [1.54, 1.807) is 6.07 Å². The molecule has 1 heteroatoms. The van der Waals surface area contributed by atoms with E-state index in [9.17, 15) is 5.11 Å². The van der Waals surface area contributed by atoms with Gasteiger partial charge in [0.15, 0.2) is 0 Å². The average Bonchev–Trinajstić information content (AvgIpc) is 2.15. The van der Waals surface area contributed by atoms with Crippen LogP contribution in [0.5, 0.6) is 5.75 Å². The lowest BCUT2D eigenvalue weighted by molar-refractivity contribution is 0.465. The maximum Gasteiger partial charge on any atom is 0.119 e. The van der Waals surface area contributed by atoms with Crippen molar-refractivity contribution in [1.82, 2.24) is 0 Å². The maximum absolute atomic E-state index is 9.77. The second-order valence-corrected chi connectivity index (χ2v) is 4.10. The first-order valence-electron chi connectivity index (χ1n) is 5.47. The third kappa shape index (κ3) is 2.50. The van der Waals surface area contributed by atoms with Crippen LogP contribution < -0.4 is 0 Å². The van der Waals surface area contributed by atoms with Gasteiger partial charge in [0, 0.05) is 0 Å². The summed E-state index contributed by atoms with van der Waals surface area (Å²) in [7, 11) is 0. The molecule has 0 fully saturated rings. The Bertz CT molecular complexity index is 289. The van der Waals surface area contributed by atoms with Crippen LogP contribution in [0, 0.1) is 0 Å². The zero-order chi connectivity index (χ0) is 10.6. The van der Waals surface area contributed by atoms with Crippen molar-refractivity contribution in [3.63, 3.8) is 0 Å². The van der Waals surface area contributed by atoms with Crippen molar-refractivity contribution in [3.05, 3.63) is 29.3 Å². The highest BCUT2D eigenvalue weighted by Gasteiger charge is 2.09. The molecular weight excluding hydrogens is 172 g/mol. The lowest BCUT2D eigenvalue weighted by Crippen LogP contribution is -1.96. The van der Waals surface area contributed by atoms with E-state index in [1.165, 1.54) is 12.0 Å². The third-order valence-electron chi connectivity index (χ3n) is 2.59. The monoisotopic (exact) mass is 192 g/mol. The van der Waals surface area contributed by atoms with Crippen LogP contribution in [0.4, 0.5) is 0 Å². The quantitative estimate of drug-likeness (QED) is 0.768. The van der Waals surface area contributed by atoms with Gasteiger partial charge < -0.3 is 5.11 Å². The summed E-state index contributed by atoms with van der Waals surface area (Å²) >= 11 is 0. The molecule has 0 bridgehead atoms. The van der Waals surface area contributed by atoms with E-state index in [0.29, 0.717) is 11.7 Å². The predicted octanol–water partition coefficient (Wildman–Crippen LogP) is 3.86. The molecule has 0 atom stereocenters. The molecule has 0 saturated heterocycles. The summed E-state index contributed by atoms with van der Waals surface area (Å²) < 4.78 is 0. The van der Waals surface area contributed by atoms with Crippen molar-refractivity contribution in [2.75, 3.05) is 0 Å². The zero-order valence-electron chi connectivity index (χ0n) is 9.38. The predicted molar refractivity (Wildman–Crippen MR) is 60.8 cm³/mol. The van der Waals surface area contributed by atoms with Gasteiger partial charge in [0.05, 0.1) is 0 Å². The van der Waals surface area contributed by atoms with Crippen molar-refractivity contribution in [1.29, 1.82) is 0 Å². The van der Waals surface area contributed by atoms with Gasteiger partial charge in [-0.1, -0.05) is 39.3 Å². The average molecular weight is 192 g/mol. The fourth-order valence-corrected chi connectivity index (χ4v) is 1.76. The molecule has 1 N–H and O–H groups in total. The molecule has 1 nitrogen and oxygen atoms in total. The van der Waals surface area contributed by atoms with Crippen molar-refractivity contribution in [3.8, 4) is 5.75 Å². The van der Waals surface area contributed by atoms with Crippen molar-refractivity contribution in [2.45, 2.75) is 46.0 Å². The summed E-state index contributed by atoms with van der Waals surface area (Å²) in [5.74, 6) is 0.957. The normalized spacial score (nSPS) is 10.9. The standard InChI is InChI=1S/C13H20O/c1-4-5-7-12-11(10(2)3)8-6-9-13(12)14/h6,8-10,14H,4-5,7H2,1-3H3. The molecule has 0 aliphatic rings. The molecule has 1 aromatic carbocycles.